The van der Waals surface area contributed by atoms with Crippen LogP contribution in [0.4, 0.5) is 5.69 Å². The molecule has 2 aliphatic rings. The number of carbonyl (C=O) groups is 1. The molecule has 2 fully saturated rings. The zero-order chi connectivity index (χ0) is 24.2. The average molecular weight is 493 g/mol. The lowest BCUT2D eigenvalue weighted by Gasteiger charge is -2.29. The number of ether oxygens (including phenoxy) is 1. The molecule has 1 saturated carbocycles. The molecule has 7 nitrogen and oxygen atoms in total. The van der Waals surface area contributed by atoms with Crippen LogP contribution in [0.25, 0.3) is 0 Å². The number of rotatable bonds is 8. The van der Waals surface area contributed by atoms with E-state index in [1.54, 1.807) is 23.6 Å². The lowest BCUT2D eigenvalue weighted by molar-refractivity contribution is 0.0686. The second-order valence-corrected chi connectivity index (χ2v) is 10.7. The van der Waals surface area contributed by atoms with Crippen LogP contribution in [0.3, 0.4) is 0 Å². The number of carboxylic acid groups (broad SMARTS) is 1. The van der Waals surface area contributed by atoms with E-state index in [0.29, 0.717) is 22.7 Å². The molecular weight excluding hydrogens is 460 g/mol. The van der Waals surface area contributed by atoms with E-state index in [9.17, 15) is 9.90 Å². The van der Waals surface area contributed by atoms with E-state index in [4.69, 9.17) is 4.74 Å². The molecule has 1 aliphatic heterocycles. The van der Waals surface area contributed by atoms with Crippen molar-refractivity contribution in [2.45, 2.75) is 61.3 Å². The van der Waals surface area contributed by atoms with Gasteiger partial charge in [-0.25, -0.2) is 9.48 Å². The second-order valence-electron chi connectivity index (χ2n) is 9.43. The predicted octanol–water partition coefficient (Wildman–Crippen LogP) is 5.45. The van der Waals surface area contributed by atoms with E-state index in [1.165, 1.54) is 37.2 Å². The summed E-state index contributed by atoms with van der Waals surface area (Å²) in [6.45, 7) is 2.82. The Hall–Kier alpha value is -3.00. The smallest absolute Gasteiger partial charge is 0.359 e. The van der Waals surface area contributed by atoms with Crippen molar-refractivity contribution in [2.24, 2.45) is 0 Å². The molecule has 1 aromatic heterocycles. The standard InChI is InChI=1S/C27H32N4O3S/c1-34-23-12-4-19(5-13-23)18-31-26(25(27(32)33)28-29-31)35-24-14-8-21(9-15-24)20-6-10-22(11-7-20)30-16-2-3-17-30/h4-7,10-13,21,24H,2-3,8-9,14-18H2,1H3,(H,32,33)/t21-,24+. The Morgan fingerprint density at radius 3 is 2.34 bits per heavy atom. The van der Waals surface area contributed by atoms with Crippen LogP contribution in [0.15, 0.2) is 53.6 Å². The minimum atomic E-state index is -1.03. The Bertz CT molecular complexity index is 1130. The Kier molecular flexibility index (Phi) is 7.27. The van der Waals surface area contributed by atoms with Gasteiger partial charge in [-0.15, -0.1) is 16.9 Å². The number of aromatic carboxylic acids is 1. The monoisotopic (exact) mass is 492 g/mol. The molecule has 35 heavy (non-hydrogen) atoms. The highest BCUT2D eigenvalue weighted by Gasteiger charge is 2.28. The number of aromatic nitrogens is 3. The second kappa shape index (κ2) is 10.7. The van der Waals surface area contributed by atoms with Crippen LogP contribution < -0.4 is 9.64 Å². The lowest BCUT2D eigenvalue weighted by Crippen LogP contribution is -2.18. The van der Waals surface area contributed by atoms with Crippen molar-refractivity contribution in [1.29, 1.82) is 0 Å². The number of thioether (sulfide) groups is 1. The van der Waals surface area contributed by atoms with Crippen molar-refractivity contribution < 1.29 is 14.6 Å². The average Bonchev–Trinajstić information content (AvgIpc) is 3.56. The third-order valence-electron chi connectivity index (χ3n) is 7.17. The van der Waals surface area contributed by atoms with E-state index in [2.05, 4.69) is 39.5 Å². The first-order valence-electron chi connectivity index (χ1n) is 12.4. The van der Waals surface area contributed by atoms with Crippen LogP contribution in [0.5, 0.6) is 5.75 Å². The van der Waals surface area contributed by atoms with Gasteiger partial charge in [0.2, 0.25) is 5.69 Å². The van der Waals surface area contributed by atoms with Gasteiger partial charge in [0, 0.05) is 24.0 Å². The summed E-state index contributed by atoms with van der Waals surface area (Å²) in [6.07, 6.45) is 6.92. The van der Waals surface area contributed by atoms with Crippen LogP contribution in [-0.2, 0) is 6.54 Å². The van der Waals surface area contributed by atoms with Crippen LogP contribution >= 0.6 is 11.8 Å². The molecule has 1 saturated heterocycles. The van der Waals surface area contributed by atoms with Gasteiger partial charge in [0.05, 0.1) is 13.7 Å². The van der Waals surface area contributed by atoms with E-state index in [-0.39, 0.29) is 5.69 Å². The van der Waals surface area contributed by atoms with Crippen molar-refractivity contribution in [2.75, 3.05) is 25.1 Å². The van der Waals surface area contributed by atoms with Gasteiger partial charge in [-0.05, 0) is 79.8 Å². The van der Waals surface area contributed by atoms with Crippen molar-refractivity contribution >= 4 is 23.4 Å². The fraction of sp³-hybridized carbons (Fsp3) is 0.444. The summed E-state index contributed by atoms with van der Waals surface area (Å²) >= 11 is 1.62. The highest BCUT2D eigenvalue weighted by Crippen LogP contribution is 2.41. The van der Waals surface area contributed by atoms with E-state index < -0.39 is 5.97 Å². The molecule has 2 aromatic carbocycles. The maximum absolute atomic E-state index is 11.8. The lowest BCUT2D eigenvalue weighted by atomic mass is 9.84. The summed E-state index contributed by atoms with van der Waals surface area (Å²) in [5.74, 6) is 0.330. The van der Waals surface area contributed by atoms with Crippen LogP contribution in [0.1, 0.15) is 66.1 Å². The van der Waals surface area contributed by atoms with Gasteiger partial charge in [-0.1, -0.05) is 29.5 Å². The highest BCUT2D eigenvalue weighted by molar-refractivity contribution is 7.99. The molecule has 0 unspecified atom stereocenters. The number of anilines is 1. The van der Waals surface area contributed by atoms with Crippen molar-refractivity contribution in [1.82, 2.24) is 15.0 Å². The summed E-state index contributed by atoms with van der Waals surface area (Å²) in [5, 5.41) is 18.8. The van der Waals surface area contributed by atoms with Gasteiger partial charge in [0.25, 0.3) is 0 Å². The molecule has 8 heteroatoms. The summed E-state index contributed by atoms with van der Waals surface area (Å²) in [6, 6.07) is 16.9. The molecule has 184 valence electrons. The molecule has 5 rings (SSSR count). The molecule has 1 aliphatic carbocycles. The normalized spacial score (nSPS) is 20.2. The van der Waals surface area contributed by atoms with E-state index in [1.807, 2.05) is 24.3 Å². The molecule has 2 heterocycles. The van der Waals surface area contributed by atoms with Gasteiger partial charge in [0.15, 0.2) is 0 Å². The third kappa shape index (κ3) is 5.48. The summed E-state index contributed by atoms with van der Waals surface area (Å²) < 4.78 is 6.95. The fourth-order valence-corrected chi connectivity index (χ4v) is 6.45. The third-order valence-corrected chi connectivity index (χ3v) is 8.60. The van der Waals surface area contributed by atoms with Crippen LogP contribution in [0.2, 0.25) is 0 Å². The number of nitrogens with zero attached hydrogens (tertiary/aromatic N) is 4. The first-order chi connectivity index (χ1) is 17.1. The summed E-state index contributed by atoms with van der Waals surface area (Å²) in [5.41, 5.74) is 3.84. The quantitative estimate of drug-likeness (QED) is 0.448. The molecule has 0 spiro atoms. The van der Waals surface area contributed by atoms with Crippen molar-refractivity contribution in [3.63, 3.8) is 0 Å². The molecule has 0 radical (unpaired) electrons. The largest absolute Gasteiger partial charge is 0.497 e. The molecular formula is C27H32N4O3S. The molecule has 0 atom stereocenters. The topological polar surface area (TPSA) is 80.5 Å². The van der Waals surface area contributed by atoms with Crippen LogP contribution in [0, 0.1) is 0 Å². The first kappa shape index (κ1) is 23.7. The van der Waals surface area contributed by atoms with Crippen LogP contribution in [-0.4, -0.2) is 51.5 Å². The maximum atomic E-state index is 11.8. The van der Waals surface area contributed by atoms with Crippen molar-refractivity contribution in [3.05, 3.63) is 65.4 Å². The summed E-state index contributed by atoms with van der Waals surface area (Å²) in [7, 11) is 1.64. The van der Waals surface area contributed by atoms with Gasteiger partial charge in [0.1, 0.15) is 10.8 Å². The number of hydrogen-bond acceptors (Lipinski definition) is 6. The predicted molar refractivity (Wildman–Crippen MR) is 138 cm³/mol. The van der Waals surface area contributed by atoms with E-state index >= 15 is 0 Å². The number of benzene rings is 2. The Balaban J connectivity index is 1.22. The molecule has 0 amide bonds. The molecule has 1 N–H and O–H groups in total. The summed E-state index contributed by atoms with van der Waals surface area (Å²) in [4.78, 5) is 14.3. The fourth-order valence-electron chi connectivity index (χ4n) is 5.17. The number of hydrogen-bond donors (Lipinski definition) is 1. The minimum absolute atomic E-state index is 0.0446. The minimum Gasteiger partial charge on any atom is -0.497 e. The van der Waals surface area contributed by atoms with Gasteiger partial charge in [-0.2, -0.15) is 0 Å². The molecule has 0 bridgehead atoms. The number of carboxylic acids is 1. The SMILES string of the molecule is COc1ccc(Cn2nnc(C(=O)O)c2S[C@H]2CC[C@@H](c3ccc(N4CCCC4)cc3)CC2)cc1. The Morgan fingerprint density at radius 1 is 1.03 bits per heavy atom. The Morgan fingerprint density at radius 2 is 1.71 bits per heavy atom. The number of methoxy groups -OCH3 is 1. The maximum Gasteiger partial charge on any atom is 0.359 e. The molecule has 3 aromatic rings. The zero-order valence-corrected chi connectivity index (χ0v) is 20.9. The van der Waals surface area contributed by atoms with Gasteiger partial charge < -0.3 is 14.7 Å². The first-order valence-corrected chi connectivity index (χ1v) is 13.3. The van der Waals surface area contributed by atoms with E-state index in [0.717, 1.165) is 37.0 Å². The van der Waals surface area contributed by atoms with Gasteiger partial charge >= 0.3 is 5.97 Å². The van der Waals surface area contributed by atoms with Crippen molar-refractivity contribution in [3.8, 4) is 5.75 Å². The zero-order valence-electron chi connectivity index (χ0n) is 20.1. The van der Waals surface area contributed by atoms with Gasteiger partial charge in [-0.3, -0.25) is 0 Å². The highest BCUT2D eigenvalue weighted by atomic mass is 32.2. The Labute approximate surface area is 210 Å².